The molecule has 2 N–H and O–H groups in total. The maximum Gasteiger partial charge on any atom is 0.236 e. The molecule has 2 aromatic heterocycles. The predicted octanol–water partition coefficient (Wildman–Crippen LogP) is 5.27. The van der Waals surface area contributed by atoms with E-state index in [0.717, 1.165) is 15.7 Å². The van der Waals surface area contributed by atoms with Crippen LogP contribution in [-0.2, 0) is 4.79 Å². The van der Waals surface area contributed by atoms with E-state index in [0.29, 0.717) is 15.2 Å². The molecule has 9 heteroatoms. The van der Waals surface area contributed by atoms with Crippen LogP contribution in [0.25, 0.3) is 11.3 Å². The third-order valence-corrected chi connectivity index (χ3v) is 5.02. The lowest BCUT2D eigenvalue weighted by molar-refractivity contribution is -0.113. The largest absolute Gasteiger partial charge is 0.333 e. The van der Waals surface area contributed by atoms with Crippen LogP contribution in [0, 0.1) is 0 Å². The molecule has 0 atom stereocenters. The molecule has 0 aliphatic rings. The van der Waals surface area contributed by atoms with Crippen molar-refractivity contribution in [2.24, 2.45) is 0 Å². The van der Waals surface area contributed by atoms with Gasteiger partial charge in [-0.15, -0.1) is 0 Å². The molecule has 0 saturated carbocycles. The number of halogens is 3. The summed E-state index contributed by atoms with van der Waals surface area (Å²) in [6.07, 6.45) is 3.16. The van der Waals surface area contributed by atoms with Gasteiger partial charge < -0.3 is 10.3 Å². The van der Waals surface area contributed by atoms with E-state index in [2.05, 4.69) is 36.2 Å². The second kappa shape index (κ2) is 8.23. The average molecular weight is 458 g/mol. The zero-order chi connectivity index (χ0) is 17.8. The van der Waals surface area contributed by atoms with Gasteiger partial charge in [0.1, 0.15) is 0 Å². The summed E-state index contributed by atoms with van der Waals surface area (Å²) in [5.41, 5.74) is 1.90. The lowest BCUT2D eigenvalue weighted by Crippen LogP contribution is -2.15. The van der Waals surface area contributed by atoms with E-state index in [4.69, 9.17) is 23.2 Å². The van der Waals surface area contributed by atoms with Gasteiger partial charge in [-0.2, -0.15) is 0 Å². The number of aromatic nitrogens is 3. The number of carbonyl (C=O) groups excluding carboxylic acids is 1. The van der Waals surface area contributed by atoms with Crippen LogP contribution in [-0.4, -0.2) is 26.6 Å². The van der Waals surface area contributed by atoms with Gasteiger partial charge in [-0.05, 0) is 23.8 Å². The molecule has 0 unspecified atom stereocenters. The van der Waals surface area contributed by atoms with E-state index in [-0.39, 0.29) is 17.5 Å². The summed E-state index contributed by atoms with van der Waals surface area (Å²) in [7, 11) is 0. The number of aromatic amines is 1. The highest BCUT2D eigenvalue weighted by Crippen LogP contribution is 2.25. The van der Waals surface area contributed by atoms with Gasteiger partial charge in [0.25, 0.3) is 0 Å². The van der Waals surface area contributed by atoms with E-state index >= 15 is 0 Å². The van der Waals surface area contributed by atoms with Crippen molar-refractivity contribution in [3.63, 3.8) is 0 Å². The first-order chi connectivity index (χ1) is 12.0. The van der Waals surface area contributed by atoms with E-state index < -0.39 is 0 Å². The van der Waals surface area contributed by atoms with Crippen LogP contribution in [0.3, 0.4) is 0 Å². The molecule has 0 bridgehead atoms. The standard InChI is InChI=1S/C16H11BrCl2N4OS/c17-10-3-1-9(2-4-10)13-7-21-16(22-13)25-8-14(24)23-15-12(19)5-11(18)6-20-15/h1-7H,8H2,(H,21,22)(H,20,23,24). The Bertz CT molecular complexity index is 901. The highest BCUT2D eigenvalue weighted by molar-refractivity contribution is 9.10. The number of H-pyrrole nitrogens is 1. The van der Waals surface area contributed by atoms with Crippen molar-refractivity contribution in [1.82, 2.24) is 15.0 Å². The van der Waals surface area contributed by atoms with Crippen molar-refractivity contribution in [3.05, 3.63) is 57.2 Å². The van der Waals surface area contributed by atoms with Crippen LogP contribution in [0.15, 0.2) is 52.4 Å². The van der Waals surface area contributed by atoms with Crippen molar-refractivity contribution in [2.75, 3.05) is 11.1 Å². The molecule has 0 fully saturated rings. The molecular weight excluding hydrogens is 447 g/mol. The second-order valence-electron chi connectivity index (χ2n) is 4.93. The lowest BCUT2D eigenvalue weighted by Gasteiger charge is -2.05. The van der Waals surface area contributed by atoms with Gasteiger partial charge >= 0.3 is 0 Å². The monoisotopic (exact) mass is 456 g/mol. The molecule has 0 radical (unpaired) electrons. The number of hydrogen-bond donors (Lipinski definition) is 2. The SMILES string of the molecule is O=C(CSc1ncc(-c2ccc(Br)cc2)[nH]1)Nc1ncc(Cl)cc1Cl. The third-order valence-electron chi connectivity index (χ3n) is 3.11. The summed E-state index contributed by atoms with van der Waals surface area (Å²) in [6, 6.07) is 9.40. The molecule has 1 aromatic carbocycles. The van der Waals surface area contributed by atoms with E-state index in [1.165, 1.54) is 24.0 Å². The molecule has 3 rings (SSSR count). The highest BCUT2D eigenvalue weighted by atomic mass is 79.9. The minimum Gasteiger partial charge on any atom is -0.333 e. The number of nitrogens with one attached hydrogen (secondary N) is 2. The average Bonchev–Trinajstić information content (AvgIpc) is 3.05. The number of pyridine rings is 1. The molecule has 0 saturated heterocycles. The summed E-state index contributed by atoms with van der Waals surface area (Å²) in [5, 5.41) is 4.00. The molecule has 0 aliphatic heterocycles. The van der Waals surface area contributed by atoms with Crippen molar-refractivity contribution in [3.8, 4) is 11.3 Å². The van der Waals surface area contributed by atoms with Crippen molar-refractivity contribution < 1.29 is 4.79 Å². The number of rotatable bonds is 5. The third kappa shape index (κ3) is 4.98. The van der Waals surface area contributed by atoms with E-state index in [9.17, 15) is 4.79 Å². The quantitative estimate of drug-likeness (QED) is 0.512. The fraction of sp³-hybridized carbons (Fsp3) is 0.0625. The predicted molar refractivity (Wildman–Crippen MR) is 105 cm³/mol. The summed E-state index contributed by atoms with van der Waals surface area (Å²) in [6.45, 7) is 0. The number of benzene rings is 1. The molecular formula is C16H11BrCl2N4OS. The normalized spacial score (nSPS) is 10.7. The summed E-state index contributed by atoms with van der Waals surface area (Å²) in [5.74, 6) is 0.225. The van der Waals surface area contributed by atoms with Crippen molar-refractivity contribution in [1.29, 1.82) is 0 Å². The number of nitrogens with zero attached hydrogens (tertiary/aromatic N) is 2. The first-order valence-corrected chi connectivity index (χ1v) is 9.59. The Morgan fingerprint density at radius 3 is 2.68 bits per heavy atom. The maximum atomic E-state index is 12.0. The molecule has 1 amide bonds. The lowest BCUT2D eigenvalue weighted by atomic mass is 10.2. The fourth-order valence-corrected chi connectivity index (χ4v) is 3.30. The van der Waals surface area contributed by atoms with Crippen LogP contribution >= 0.6 is 50.9 Å². The van der Waals surface area contributed by atoms with Crippen LogP contribution in [0.4, 0.5) is 5.82 Å². The number of carbonyl (C=O) groups is 1. The van der Waals surface area contributed by atoms with Crippen molar-refractivity contribution >= 4 is 62.6 Å². The van der Waals surface area contributed by atoms with Gasteiger partial charge in [-0.1, -0.05) is 63.0 Å². The fourth-order valence-electron chi connectivity index (χ4n) is 1.96. The van der Waals surface area contributed by atoms with Crippen LogP contribution < -0.4 is 5.32 Å². The molecule has 0 aliphatic carbocycles. The van der Waals surface area contributed by atoms with Crippen LogP contribution in [0.5, 0.6) is 0 Å². The number of imidazole rings is 1. The number of hydrogen-bond acceptors (Lipinski definition) is 4. The Kier molecular flexibility index (Phi) is 6.01. The van der Waals surface area contributed by atoms with Gasteiger partial charge in [-0.25, -0.2) is 9.97 Å². The molecule has 2 heterocycles. The first kappa shape index (κ1) is 18.3. The Labute approximate surface area is 166 Å². The smallest absolute Gasteiger partial charge is 0.236 e. The summed E-state index contributed by atoms with van der Waals surface area (Å²) < 4.78 is 1.01. The molecule has 128 valence electrons. The van der Waals surface area contributed by atoms with Crippen LogP contribution in [0.1, 0.15) is 0 Å². The summed E-state index contributed by atoms with van der Waals surface area (Å²) in [4.78, 5) is 23.5. The van der Waals surface area contributed by atoms with Gasteiger partial charge in [0.05, 0.1) is 27.7 Å². The van der Waals surface area contributed by atoms with Gasteiger partial charge in [-0.3, -0.25) is 4.79 Å². The number of thioether (sulfide) groups is 1. The molecule has 0 spiro atoms. The minimum absolute atomic E-state index is 0.175. The Morgan fingerprint density at radius 1 is 1.20 bits per heavy atom. The zero-order valence-electron chi connectivity index (χ0n) is 12.6. The van der Waals surface area contributed by atoms with Gasteiger partial charge in [0, 0.05) is 10.7 Å². The Balaban J connectivity index is 1.58. The zero-order valence-corrected chi connectivity index (χ0v) is 16.5. The molecule has 3 aromatic rings. The van der Waals surface area contributed by atoms with E-state index in [1.54, 1.807) is 6.20 Å². The molecule has 5 nitrogen and oxygen atoms in total. The second-order valence-corrected chi connectivity index (χ2v) is 7.65. The topological polar surface area (TPSA) is 70.7 Å². The minimum atomic E-state index is -0.233. The highest BCUT2D eigenvalue weighted by Gasteiger charge is 2.10. The van der Waals surface area contributed by atoms with Gasteiger partial charge in [0.15, 0.2) is 11.0 Å². The van der Waals surface area contributed by atoms with Crippen LogP contribution in [0.2, 0.25) is 10.0 Å². The van der Waals surface area contributed by atoms with Crippen molar-refractivity contribution in [2.45, 2.75) is 5.16 Å². The number of anilines is 1. The maximum absolute atomic E-state index is 12.0. The first-order valence-electron chi connectivity index (χ1n) is 7.06. The summed E-state index contributed by atoms with van der Waals surface area (Å²) >= 11 is 16.5. The van der Waals surface area contributed by atoms with E-state index in [1.807, 2.05) is 24.3 Å². The Hall–Kier alpha value is -1.54. The number of amides is 1. The van der Waals surface area contributed by atoms with Gasteiger partial charge in [0.2, 0.25) is 5.91 Å². The molecule has 25 heavy (non-hydrogen) atoms. The Morgan fingerprint density at radius 2 is 1.96 bits per heavy atom.